The molecule has 0 bridgehead atoms. The van der Waals surface area contributed by atoms with Crippen LogP contribution in [-0.4, -0.2) is 17.1 Å². The standard InChI is InChI=1S/C15H12F3NO2/c1-10-3-2-8-19-14(10)13(20)9-11-4-6-12(7-5-11)21-15(16,17)18/h2-8H,9H2,1H3. The van der Waals surface area contributed by atoms with E-state index in [0.717, 1.165) is 5.56 Å². The predicted octanol–water partition coefficient (Wildman–Crippen LogP) is 3.71. The second kappa shape index (κ2) is 5.95. The van der Waals surface area contributed by atoms with Gasteiger partial charge in [-0.15, -0.1) is 13.2 Å². The number of ether oxygens (including phenoxy) is 1. The number of nitrogens with zero attached hydrogens (tertiary/aromatic N) is 1. The van der Waals surface area contributed by atoms with Crippen molar-refractivity contribution in [1.29, 1.82) is 0 Å². The van der Waals surface area contributed by atoms with E-state index in [1.165, 1.54) is 30.5 Å². The first-order valence-electron chi connectivity index (χ1n) is 6.14. The van der Waals surface area contributed by atoms with Crippen LogP contribution in [0.5, 0.6) is 5.75 Å². The molecule has 0 saturated carbocycles. The molecule has 0 unspecified atom stereocenters. The van der Waals surface area contributed by atoms with Crippen molar-refractivity contribution in [2.75, 3.05) is 0 Å². The van der Waals surface area contributed by atoms with Gasteiger partial charge in [0.05, 0.1) is 0 Å². The third-order valence-corrected chi connectivity index (χ3v) is 2.80. The lowest BCUT2D eigenvalue weighted by Gasteiger charge is -2.09. The summed E-state index contributed by atoms with van der Waals surface area (Å²) in [4.78, 5) is 16.1. The van der Waals surface area contributed by atoms with Crippen LogP contribution in [0.1, 0.15) is 21.6 Å². The minimum atomic E-state index is -4.72. The second-order valence-electron chi connectivity index (χ2n) is 4.46. The molecule has 0 N–H and O–H groups in total. The fourth-order valence-electron chi connectivity index (χ4n) is 1.86. The highest BCUT2D eigenvalue weighted by atomic mass is 19.4. The molecule has 0 aliphatic carbocycles. The van der Waals surface area contributed by atoms with Gasteiger partial charge in [-0.05, 0) is 36.2 Å². The third kappa shape index (κ3) is 4.30. The Morgan fingerprint density at radius 2 is 1.86 bits per heavy atom. The number of aryl methyl sites for hydroxylation is 1. The zero-order chi connectivity index (χ0) is 15.5. The number of Topliss-reactive ketones (excluding diaryl/α,β-unsaturated/α-hetero) is 1. The predicted molar refractivity (Wildman–Crippen MR) is 70.1 cm³/mol. The van der Waals surface area contributed by atoms with Gasteiger partial charge in [0.15, 0.2) is 5.78 Å². The number of benzene rings is 1. The van der Waals surface area contributed by atoms with E-state index < -0.39 is 6.36 Å². The molecule has 0 saturated heterocycles. The topological polar surface area (TPSA) is 39.2 Å². The van der Waals surface area contributed by atoms with Gasteiger partial charge < -0.3 is 4.74 Å². The van der Waals surface area contributed by atoms with Gasteiger partial charge in [-0.3, -0.25) is 9.78 Å². The van der Waals surface area contributed by atoms with E-state index >= 15 is 0 Å². The fraction of sp³-hybridized carbons (Fsp3) is 0.200. The van der Waals surface area contributed by atoms with E-state index in [1.54, 1.807) is 19.1 Å². The molecule has 21 heavy (non-hydrogen) atoms. The number of pyridine rings is 1. The summed E-state index contributed by atoms with van der Waals surface area (Å²) in [6.45, 7) is 1.78. The van der Waals surface area contributed by atoms with Gasteiger partial charge in [-0.1, -0.05) is 18.2 Å². The van der Waals surface area contributed by atoms with Crippen molar-refractivity contribution in [3.05, 3.63) is 59.4 Å². The van der Waals surface area contributed by atoms with Crippen molar-refractivity contribution in [2.24, 2.45) is 0 Å². The summed E-state index contributed by atoms with van der Waals surface area (Å²) in [5.74, 6) is -0.495. The van der Waals surface area contributed by atoms with E-state index in [4.69, 9.17) is 0 Å². The highest BCUT2D eigenvalue weighted by Crippen LogP contribution is 2.23. The molecule has 3 nitrogen and oxygen atoms in total. The van der Waals surface area contributed by atoms with Crippen molar-refractivity contribution in [2.45, 2.75) is 19.7 Å². The summed E-state index contributed by atoms with van der Waals surface area (Å²) < 4.78 is 39.9. The molecule has 0 spiro atoms. The number of hydrogen-bond acceptors (Lipinski definition) is 3. The van der Waals surface area contributed by atoms with Crippen LogP contribution in [0.2, 0.25) is 0 Å². The number of alkyl halides is 3. The molecule has 0 radical (unpaired) electrons. The Labute approximate surface area is 119 Å². The van der Waals surface area contributed by atoms with E-state index in [1.807, 2.05) is 0 Å². The van der Waals surface area contributed by atoms with Crippen LogP contribution >= 0.6 is 0 Å². The van der Waals surface area contributed by atoms with E-state index in [2.05, 4.69) is 9.72 Å². The van der Waals surface area contributed by atoms with Crippen molar-refractivity contribution in [1.82, 2.24) is 4.98 Å². The molecule has 0 amide bonds. The molecule has 1 heterocycles. The van der Waals surface area contributed by atoms with Gasteiger partial charge in [-0.25, -0.2) is 0 Å². The minimum absolute atomic E-state index is 0.0736. The lowest BCUT2D eigenvalue weighted by atomic mass is 10.0. The molecule has 1 aromatic carbocycles. The molecule has 0 fully saturated rings. The number of rotatable bonds is 4. The molecule has 0 aliphatic rings. The zero-order valence-corrected chi connectivity index (χ0v) is 11.1. The van der Waals surface area contributed by atoms with Crippen LogP contribution in [0.25, 0.3) is 0 Å². The van der Waals surface area contributed by atoms with Crippen LogP contribution < -0.4 is 4.74 Å². The molecular weight excluding hydrogens is 283 g/mol. The zero-order valence-electron chi connectivity index (χ0n) is 11.1. The Morgan fingerprint density at radius 1 is 1.19 bits per heavy atom. The maximum atomic E-state index is 12.1. The normalized spacial score (nSPS) is 11.2. The molecule has 0 atom stereocenters. The van der Waals surface area contributed by atoms with E-state index in [9.17, 15) is 18.0 Å². The summed E-state index contributed by atoms with van der Waals surface area (Å²) in [7, 11) is 0. The van der Waals surface area contributed by atoms with Crippen molar-refractivity contribution in [3.63, 3.8) is 0 Å². The Kier molecular flexibility index (Phi) is 4.26. The molecule has 2 aromatic rings. The molecule has 6 heteroatoms. The Balaban J connectivity index is 2.07. The monoisotopic (exact) mass is 295 g/mol. The maximum absolute atomic E-state index is 12.1. The maximum Gasteiger partial charge on any atom is 0.573 e. The summed E-state index contributed by atoms with van der Waals surface area (Å²) >= 11 is 0. The summed E-state index contributed by atoms with van der Waals surface area (Å²) in [5.41, 5.74) is 1.73. The summed E-state index contributed by atoms with van der Waals surface area (Å²) in [6, 6.07) is 8.73. The first kappa shape index (κ1) is 15.0. The van der Waals surface area contributed by atoms with E-state index in [-0.39, 0.29) is 18.0 Å². The van der Waals surface area contributed by atoms with Crippen LogP contribution in [0.15, 0.2) is 42.6 Å². The van der Waals surface area contributed by atoms with Gasteiger partial charge in [0.25, 0.3) is 0 Å². The highest BCUT2D eigenvalue weighted by Gasteiger charge is 2.30. The van der Waals surface area contributed by atoms with Crippen molar-refractivity contribution in [3.8, 4) is 5.75 Å². The largest absolute Gasteiger partial charge is 0.573 e. The van der Waals surface area contributed by atoms with Crippen molar-refractivity contribution >= 4 is 5.78 Å². The Hall–Kier alpha value is -2.37. The average Bonchev–Trinajstić information content (AvgIpc) is 2.40. The molecule has 0 aliphatic heterocycles. The quantitative estimate of drug-likeness (QED) is 0.807. The number of halogens is 3. The van der Waals surface area contributed by atoms with Gasteiger partial charge in [0.2, 0.25) is 0 Å². The fourth-order valence-corrected chi connectivity index (χ4v) is 1.86. The first-order valence-corrected chi connectivity index (χ1v) is 6.14. The van der Waals surface area contributed by atoms with Crippen LogP contribution in [0, 0.1) is 6.92 Å². The Bertz CT molecular complexity index is 636. The van der Waals surface area contributed by atoms with Gasteiger partial charge in [-0.2, -0.15) is 0 Å². The number of aromatic nitrogens is 1. The highest BCUT2D eigenvalue weighted by molar-refractivity contribution is 5.96. The smallest absolute Gasteiger partial charge is 0.406 e. The summed E-state index contributed by atoms with van der Waals surface area (Å²) in [6.07, 6.45) is -3.12. The number of carbonyl (C=O) groups is 1. The lowest BCUT2D eigenvalue weighted by molar-refractivity contribution is -0.274. The van der Waals surface area contributed by atoms with E-state index in [0.29, 0.717) is 11.3 Å². The van der Waals surface area contributed by atoms with Crippen molar-refractivity contribution < 1.29 is 22.7 Å². The molecular formula is C15H12F3NO2. The van der Waals surface area contributed by atoms with Gasteiger partial charge >= 0.3 is 6.36 Å². The van der Waals surface area contributed by atoms with Crippen LogP contribution in [-0.2, 0) is 6.42 Å². The SMILES string of the molecule is Cc1cccnc1C(=O)Cc1ccc(OC(F)(F)F)cc1. The van der Waals surface area contributed by atoms with Crippen LogP contribution in [0.3, 0.4) is 0 Å². The lowest BCUT2D eigenvalue weighted by Crippen LogP contribution is -2.17. The molecule has 1 aromatic heterocycles. The second-order valence-corrected chi connectivity index (χ2v) is 4.46. The molecule has 2 rings (SSSR count). The van der Waals surface area contributed by atoms with Gasteiger partial charge in [0.1, 0.15) is 11.4 Å². The average molecular weight is 295 g/mol. The van der Waals surface area contributed by atoms with Gasteiger partial charge in [0, 0.05) is 12.6 Å². The first-order chi connectivity index (χ1) is 9.85. The summed E-state index contributed by atoms with van der Waals surface area (Å²) in [5, 5.41) is 0. The Morgan fingerprint density at radius 3 is 2.43 bits per heavy atom. The van der Waals surface area contributed by atoms with Crippen LogP contribution in [0.4, 0.5) is 13.2 Å². The number of carbonyl (C=O) groups excluding carboxylic acids is 1. The minimum Gasteiger partial charge on any atom is -0.406 e. The third-order valence-electron chi connectivity index (χ3n) is 2.80. The molecule has 110 valence electrons. The number of hydrogen-bond donors (Lipinski definition) is 0. The number of ketones is 1.